The van der Waals surface area contributed by atoms with Gasteiger partial charge in [0.15, 0.2) is 0 Å². The fraction of sp³-hybridized carbons (Fsp3) is 0.559. The van der Waals surface area contributed by atoms with Crippen molar-refractivity contribution >= 4 is 23.4 Å². The number of hydrogen-bond acceptors (Lipinski definition) is 5. The van der Waals surface area contributed by atoms with E-state index in [1.54, 1.807) is 17.9 Å². The van der Waals surface area contributed by atoms with Crippen molar-refractivity contribution in [2.75, 3.05) is 18.0 Å². The van der Waals surface area contributed by atoms with Gasteiger partial charge in [0.25, 0.3) is 5.91 Å². The van der Waals surface area contributed by atoms with Crippen molar-refractivity contribution in [2.24, 2.45) is 0 Å². The van der Waals surface area contributed by atoms with Gasteiger partial charge in [0, 0.05) is 36.8 Å². The molecule has 0 bridgehead atoms. The summed E-state index contributed by atoms with van der Waals surface area (Å²) in [5, 5.41) is 20.7. The largest absolute Gasteiger partial charge is 0.390 e. The monoisotopic (exact) mass is 576 g/mol. The molecule has 1 aliphatic carbocycles. The van der Waals surface area contributed by atoms with E-state index in [1.165, 1.54) is 6.42 Å². The minimum Gasteiger partial charge on any atom is -0.390 e. The SMILES string of the molecule is CCCc1cc(C(=O)N[C@@H](Cc2ccccc2)[C@H](O)CN[C@@H](C)C(=O)NC2CCCCC2)cc(N2CCCCC2=O)c1. The molecule has 1 saturated carbocycles. The number of aliphatic hydroxyl groups excluding tert-OH is 1. The van der Waals surface area contributed by atoms with Crippen molar-refractivity contribution in [3.05, 3.63) is 65.2 Å². The molecule has 2 aromatic rings. The lowest BCUT2D eigenvalue weighted by molar-refractivity contribution is -0.123. The Bertz CT molecular complexity index is 1180. The Labute approximate surface area is 250 Å². The van der Waals surface area contributed by atoms with Crippen LogP contribution in [0.1, 0.15) is 93.1 Å². The second kappa shape index (κ2) is 15.8. The van der Waals surface area contributed by atoms with Crippen LogP contribution in [0.25, 0.3) is 0 Å². The first kappa shape index (κ1) is 31.7. The summed E-state index contributed by atoms with van der Waals surface area (Å²) in [6.07, 6.45) is 9.13. The Hall–Kier alpha value is -3.23. The van der Waals surface area contributed by atoms with E-state index in [-0.39, 0.29) is 30.3 Å². The molecule has 0 unspecified atom stereocenters. The van der Waals surface area contributed by atoms with Crippen molar-refractivity contribution in [3.63, 3.8) is 0 Å². The van der Waals surface area contributed by atoms with Crippen molar-refractivity contribution in [1.29, 1.82) is 0 Å². The van der Waals surface area contributed by atoms with Gasteiger partial charge in [-0.05, 0) is 74.8 Å². The first-order valence-electron chi connectivity index (χ1n) is 15.8. The highest BCUT2D eigenvalue weighted by molar-refractivity contribution is 5.99. The van der Waals surface area contributed by atoms with E-state index in [0.29, 0.717) is 24.9 Å². The summed E-state index contributed by atoms with van der Waals surface area (Å²) >= 11 is 0. The minimum atomic E-state index is -0.930. The van der Waals surface area contributed by atoms with Crippen molar-refractivity contribution in [1.82, 2.24) is 16.0 Å². The zero-order valence-electron chi connectivity index (χ0n) is 25.2. The van der Waals surface area contributed by atoms with Gasteiger partial charge in [-0.15, -0.1) is 0 Å². The van der Waals surface area contributed by atoms with Crippen LogP contribution in [-0.2, 0) is 22.4 Å². The predicted molar refractivity (Wildman–Crippen MR) is 167 cm³/mol. The van der Waals surface area contributed by atoms with Gasteiger partial charge in [0.05, 0.1) is 18.2 Å². The van der Waals surface area contributed by atoms with Crippen LogP contribution in [-0.4, -0.2) is 60.1 Å². The molecule has 1 saturated heterocycles. The average molecular weight is 577 g/mol. The van der Waals surface area contributed by atoms with Crippen LogP contribution in [0.15, 0.2) is 48.5 Å². The Morgan fingerprint density at radius 1 is 1.00 bits per heavy atom. The quantitative estimate of drug-likeness (QED) is 0.285. The average Bonchev–Trinajstić information content (AvgIpc) is 3.00. The standard InChI is InChI=1S/C34H48N4O4/c1-3-12-26-19-27(22-29(20-26)38-18-11-10-17-32(38)40)34(42)37-30(21-25-13-6-4-7-14-25)31(39)23-35-24(2)33(41)36-28-15-8-5-9-16-28/h4,6-7,13-14,19-20,22,24,28,30-31,35,39H,3,5,8-12,15-18,21,23H2,1-2H3,(H,36,41)(H,37,42)/t24-,30-,31+/m0/s1. The van der Waals surface area contributed by atoms with E-state index >= 15 is 0 Å². The van der Waals surface area contributed by atoms with Crippen LogP contribution in [0.4, 0.5) is 5.69 Å². The number of rotatable bonds is 13. The molecule has 1 aliphatic heterocycles. The highest BCUT2D eigenvalue weighted by Gasteiger charge is 2.26. The van der Waals surface area contributed by atoms with E-state index < -0.39 is 18.2 Å². The molecule has 2 aromatic carbocycles. The number of hydrogen-bond donors (Lipinski definition) is 4. The van der Waals surface area contributed by atoms with Gasteiger partial charge in [0.1, 0.15) is 0 Å². The maximum atomic E-state index is 13.7. The smallest absolute Gasteiger partial charge is 0.251 e. The Balaban J connectivity index is 1.46. The van der Waals surface area contributed by atoms with Gasteiger partial charge in [-0.3, -0.25) is 14.4 Å². The third kappa shape index (κ3) is 9.13. The Morgan fingerprint density at radius 3 is 2.48 bits per heavy atom. The van der Waals surface area contributed by atoms with Gasteiger partial charge in [-0.1, -0.05) is 62.9 Å². The maximum Gasteiger partial charge on any atom is 0.251 e. The lowest BCUT2D eigenvalue weighted by Gasteiger charge is -2.29. The second-order valence-electron chi connectivity index (χ2n) is 12.0. The zero-order valence-corrected chi connectivity index (χ0v) is 25.2. The summed E-state index contributed by atoms with van der Waals surface area (Å²) < 4.78 is 0. The summed E-state index contributed by atoms with van der Waals surface area (Å²) in [5.74, 6) is -0.265. The third-order valence-corrected chi connectivity index (χ3v) is 8.47. The van der Waals surface area contributed by atoms with Crippen LogP contribution in [0.2, 0.25) is 0 Å². The number of nitrogens with zero attached hydrogens (tertiary/aromatic N) is 1. The number of piperidine rings is 1. The molecule has 4 N–H and O–H groups in total. The molecule has 0 aromatic heterocycles. The summed E-state index contributed by atoms with van der Waals surface area (Å²) in [5.41, 5.74) is 3.24. The van der Waals surface area contributed by atoms with Crippen molar-refractivity contribution in [3.8, 4) is 0 Å². The van der Waals surface area contributed by atoms with Crippen molar-refractivity contribution < 1.29 is 19.5 Å². The Morgan fingerprint density at radius 2 is 1.76 bits per heavy atom. The molecule has 2 fully saturated rings. The van der Waals surface area contributed by atoms with Crippen LogP contribution in [0.5, 0.6) is 0 Å². The highest BCUT2D eigenvalue weighted by atomic mass is 16.3. The van der Waals surface area contributed by atoms with Crippen LogP contribution in [0.3, 0.4) is 0 Å². The Kier molecular flexibility index (Phi) is 12.0. The molecule has 42 heavy (non-hydrogen) atoms. The van der Waals surface area contributed by atoms with Gasteiger partial charge < -0.3 is 26.0 Å². The number of amides is 3. The first-order chi connectivity index (χ1) is 20.3. The summed E-state index contributed by atoms with van der Waals surface area (Å²) in [7, 11) is 0. The van der Waals surface area contributed by atoms with Crippen LogP contribution >= 0.6 is 0 Å². The number of benzene rings is 2. The third-order valence-electron chi connectivity index (χ3n) is 8.47. The van der Waals surface area contributed by atoms with Gasteiger partial charge in [-0.2, -0.15) is 0 Å². The van der Waals surface area contributed by atoms with Gasteiger partial charge in [-0.25, -0.2) is 0 Å². The normalized spacial score (nSPS) is 18.3. The summed E-state index contributed by atoms with van der Waals surface area (Å²) in [4.78, 5) is 40.9. The van der Waals surface area contributed by atoms with Gasteiger partial charge in [0.2, 0.25) is 11.8 Å². The molecule has 2 aliphatic rings. The lowest BCUT2D eigenvalue weighted by Crippen LogP contribution is -2.53. The highest BCUT2D eigenvalue weighted by Crippen LogP contribution is 2.25. The van der Waals surface area contributed by atoms with E-state index in [2.05, 4.69) is 22.9 Å². The topological polar surface area (TPSA) is 111 Å². The molecule has 0 radical (unpaired) electrons. The van der Waals surface area contributed by atoms with Crippen LogP contribution in [0, 0.1) is 0 Å². The fourth-order valence-electron chi connectivity index (χ4n) is 5.98. The number of carbonyl (C=O) groups is 3. The molecular weight excluding hydrogens is 528 g/mol. The fourth-order valence-corrected chi connectivity index (χ4v) is 5.98. The molecule has 228 valence electrons. The number of aryl methyl sites for hydroxylation is 1. The lowest BCUT2D eigenvalue weighted by atomic mass is 9.95. The molecule has 1 heterocycles. The van der Waals surface area contributed by atoms with E-state index in [9.17, 15) is 19.5 Å². The van der Waals surface area contributed by atoms with E-state index in [0.717, 1.165) is 68.2 Å². The molecular formula is C34H48N4O4. The zero-order chi connectivity index (χ0) is 29.9. The minimum absolute atomic E-state index is 0.0646. The van der Waals surface area contributed by atoms with E-state index in [4.69, 9.17) is 0 Å². The summed E-state index contributed by atoms with van der Waals surface area (Å²) in [6, 6.07) is 14.6. The van der Waals surface area contributed by atoms with Crippen LogP contribution < -0.4 is 20.9 Å². The van der Waals surface area contributed by atoms with E-state index in [1.807, 2.05) is 42.5 Å². The molecule has 0 spiro atoms. The number of anilines is 1. The molecule has 4 rings (SSSR count). The van der Waals surface area contributed by atoms with Gasteiger partial charge >= 0.3 is 0 Å². The molecule has 3 amide bonds. The first-order valence-corrected chi connectivity index (χ1v) is 15.8. The molecule has 8 nitrogen and oxygen atoms in total. The van der Waals surface area contributed by atoms with Crippen molar-refractivity contribution in [2.45, 2.75) is 109 Å². The number of nitrogens with one attached hydrogen (secondary N) is 3. The second-order valence-corrected chi connectivity index (χ2v) is 12.0. The predicted octanol–water partition coefficient (Wildman–Crippen LogP) is 4.29. The number of carbonyl (C=O) groups excluding carboxylic acids is 3. The number of aliphatic hydroxyl groups is 1. The molecule has 3 atom stereocenters. The molecule has 8 heteroatoms. The summed E-state index contributed by atoms with van der Waals surface area (Å²) in [6.45, 7) is 4.70. The maximum absolute atomic E-state index is 13.7.